The Morgan fingerprint density at radius 2 is 1.29 bits per heavy atom. The zero-order valence-electron chi connectivity index (χ0n) is 31.6. The van der Waals surface area contributed by atoms with Crippen LogP contribution in [0, 0.1) is 20.8 Å². The topological polar surface area (TPSA) is 238 Å². The lowest BCUT2D eigenvalue weighted by atomic mass is 10.1. The molecule has 0 saturated heterocycles. The fraction of sp³-hybridized carbons (Fsp3) is 0.263. The van der Waals surface area contributed by atoms with Crippen molar-refractivity contribution in [2.75, 3.05) is 17.7 Å². The van der Waals surface area contributed by atoms with Gasteiger partial charge < -0.3 is 29.8 Å². The van der Waals surface area contributed by atoms with Crippen molar-refractivity contribution in [1.29, 1.82) is 0 Å². The predicted octanol–water partition coefficient (Wildman–Crippen LogP) is 4.46. The summed E-state index contributed by atoms with van der Waals surface area (Å²) in [6.45, 7) is 10.5. The van der Waals surface area contributed by atoms with Crippen LogP contribution in [0.4, 0.5) is 11.9 Å². The number of fused-ring (bicyclic) bond motifs is 4. The average Bonchev–Trinajstić information content (AvgIpc) is 3.98. The Bertz CT molecular complexity index is 2760. The first-order valence-electron chi connectivity index (χ1n) is 17.8. The van der Waals surface area contributed by atoms with Crippen LogP contribution >= 0.6 is 0 Å². The van der Waals surface area contributed by atoms with Gasteiger partial charge >= 0.3 is 0 Å². The minimum atomic E-state index is -0.684. The van der Waals surface area contributed by atoms with Crippen LogP contribution in [0.1, 0.15) is 72.7 Å². The molecule has 4 amide bonds. The van der Waals surface area contributed by atoms with Crippen LogP contribution < -0.4 is 26.8 Å². The van der Waals surface area contributed by atoms with Crippen molar-refractivity contribution in [1.82, 2.24) is 38.7 Å². The van der Waals surface area contributed by atoms with E-state index in [0.717, 1.165) is 0 Å². The van der Waals surface area contributed by atoms with Gasteiger partial charge in [0.25, 0.3) is 17.7 Å². The highest BCUT2D eigenvalue weighted by Crippen LogP contribution is 2.34. The molecule has 0 aliphatic rings. The summed E-state index contributed by atoms with van der Waals surface area (Å²) in [7, 11) is 1.46. The third-order valence-corrected chi connectivity index (χ3v) is 9.27. The summed E-state index contributed by atoms with van der Waals surface area (Å²) in [5, 5.41) is 15.2. The van der Waals surface area contributed by atoms with Gasteiger partial charge in [0.2, 0.25) is 17.8 Å². The van der Waals surface area contributed by atoms with Gasteiger partial charge in [0.1, 0.15) is 34.0 Å². The third-order valence-electron chi connectivity index (χ3n) is 9.27. The summed E-state index contributed by atoms with van der Waals surface area (Å²) < 4.78 is 18.3. The number of aromatic nitrogens is 8. The predicted molar refractivity (Wildman–Crippen MR) is 208 cm³/mol. The number of anilines is 2. The normalized spacial score (nSPS) is 11.7. The van der Waals surface area contributed by atoms with E-state index in [2.05, 4.69) is 25.8 Å². The number of carbonyl (C=O) groups excluding carboxylic acids is 4. The smallest absolute Gasteiger partial charge is 0.276 e. The zero-order chi connectivity index (χ0) is 40.0. The number of ether oxygens (including phenoxy) is 1. The van der Waals surface area contributed by atoms with Gasteiger partial charge in [-0.05, 0) is 71.0 Å². The Morgan fingerprint density at radius 1 is 0.750 bits per heavy atom. The number of nitrogens with two attached hydrogens (primary N) is 2. The molecule has 5 aromatic heterocycles. The second kappa shape index (κ2) is 14.5. The number of rotatable bonds is 13. The number of methoxy groups -OCH3 is 1. The van der Waals surface area contributed by atoms with Crippen LogP contribution in [-0.4, -0.2) is 69.4 Å². The fourth-order valence-corrected chi connectivity index (χ4v) is 6.84. The molecule has 7 rings (SSSR count). The van der Waals surface area contributed by atoms with Crippen LogP contribution in [-0.2, 0) is 26.2 Å². The van der Waals surface area contributed by atoms with Gasteiger partial charge in [0, 0.05) is 37.1 Å². The average molecular weight is 761 g/mol. The van der Waals surface area contributed by atoms with Crippen molar-refractivity contribution in [2.45, 2.75) is 60.8 Å². The van der Waals surface area contributed by atoms with E-state index in [9.17, 15) is 19.2 Å². The number of hydrogen-bond acceptors (Lipinski definition) is 10. The second-order valence-electron chi connectivity index (χ2n) is 13.1. The molecule has 0 radical (unpaired) electrons. The van der Waals surface area contributed by atoms with Crippen LogP contribution in [0.5, 0.6) is 5.75 Å². The van der Waals surface area contributed by atoms with E-state index in [0.29, 0.717) is 80.4 Å². The molecule has 5 heterocycles. The van der Waals surface area contributed by atoms with Gasteiger partial charge in [0.15, 0.2) is 0 Å². The number of furan rings is 1. The summed E-state index contributed by atoms with van der Waals surface area (Å²) in [4.78, 5) is 61.3. The van der Waals surface area contributed by atoms with E-state index >= 15 is 0 Å². The molecule has 56 heavy (non-hydrogen) atoms. The Balaban J connectivity index is 1.30. The molecular formula is C38H40N12O6. The molecular weight excluding hydrogens is 720 g/mol. The number of aryl methyl sites for hydroxylation is 5. The van der Waals surface area contributed by atoms with Gasteiger partial charge in [-0.3, -0.25) is 39.2 Å². The SMILES string of the molecule is CCn1nc(C)cc1C(=O)Nc1nc2cc(C(N)=O)cc(OC)c2n1CC=CCn1c(NC(=O)c2cc(C)nn2CC)nc2cc(C(N)=O)c3oc(C)cc3c21. The highest BCUT2D eigenvalue weighted by atomic mass is 16.5. The maximum atomic E-state index is 13.7. The molecule has 18 nitrogen and oxygen atoms in total. The highest BCUT2D eigenvalue weighted by molar-refractivity contribution is 6.14. The minimum absolute atomic E-state index is 0.158. The van der Waals surface area contributed by atoms with Gasteiger partial charge in [-0.2, -0.15) is 10.2 Å². The first-order valence-corrected chi connectivity index (χ1v) is 17.8. The number of imidazole rings is 2. The van der Waals surface area contributed by atoms with E-state index in [1.54, 1.807) is 63.5 Å². The monoisotopic (exact) mass is 760 g/mol. The van der Waals surface area contributed by atoms with Crippen molar-refractivity contribution < 1.29 is 28.3 Å². The molecule has 0 saturated carbocycles. The number of carbonyl (C=O) groups is 4. The van der Waals surface area contributed by atoms with Crippen molar-refractivity contribution in [3.63, 3.8) is 0 Å². The van der Waals surface area contributed by atoms with E-state index in [1.165, 1.54) is 19.2 Å². The van der Waals surface area contributed by atoms with E-state index in [4.69, 9.17) is 25.6 Å². The largest absolute Gasteiger partial charge is 0.494 e. The minimum Gasteiger partial charge on any atom is -0.494 e. The van der Waals surface area contributed by atoms with Crippen molar-refractivity contribution >= 4 is 68.6 Å². The van der Waals surface area contributed by atoms with Gasteiger partial charge in [-0.15, -0.1) is 0 Å². The lowest BCUT2D eigenvalue weighted by molar-refractivity contribution is 0.0992. The van der Waals surface area contributed by atoms with E-state index in [-0.39, 0.29) is 36.1 Å². The first kappa shape index (κ1) is 37.1. The van der Waals surface area contributed by atoms with Crippen LogP contribution in [0.3, 0.4) is 0 Å². The van der Waals surface area contributed by atoms with Gasteiger partial charge in [0.05, 0.1) is 40.6 Å². The quantitative estimate of drug-likeness (QED) is 0.120. The molecule has 2 aromatic carbocycles. The molecule has 7 aromatic rings. The molecule has 0 aliphatic carbocycles. The molecule has 0 bridgehead atoms. The van der Waals surface area contributed by atoms with Crippen molar-refractivity contribution in [3.05, 3.63) is 88.2 Å². The Labute approximate surface area is 319 Å². The maximum Gasteiger partial charge on any atom is 0.276 e. The standard InChI is InChI=1S/C38H40N12O6/c1-7-49-27(13-19(3)45-49)35(53)43-37-42-26-18-24(34(40)52)32-23(15-21(5)56-32)30(26)47(37)11-9-10-12-48-31-25(16-22(33(39)51)17-29(31)55-6)41-38(48)44-36(54)28-14-20(4)46-50(28)8-2/h9-10,13-18H,7-8,11-12H2,1-6H3,(H2,39,51)(H2,40,52)(H,41,44,54)(H,42,43,53). The summed E-state index contributed by atoms with van der Waals surface area (Å²) in [5.41, 5.74) is 16.0. The Hall–Kier alpha value is -7.24. The highest BCUT2D eigenvalue weighted by Gasteiger charge is 2.24. The molecule has 6 N–H and O–H groups in total. The van der Waals surface area contributed by atoms with Crippen molar-refractivity contribution in [2.24, 2.45) is 11.5 Å². The molecule has 18 heteroatoms. The van der Waals surface area contributed by atoms with E-state index < -0.39 is 23.6 Å². The number of benzene rings is 2. The molecule has 0 spiro atoms. The molecule has 0 aliphatic heterocycles. The first-order chi connectivity index (χ1) is 26.8. The third kappa shape index (κ3) is 6.60. The van der Waals surface area contributed by atoms with Gasteiger partial charge in [-0.1, -0.05) is 12.2 Å². The number of hydrogen-bond donors (Lipinski definition) is 4. The second-order valence-corrected chi connectivity index (χ2v) is 13.1. The lowest BCUT2D eigenvalue weighted by Gasteiger charge is -2.12. The summed E-state index contributed by atoms with van der Waals surface area (Å²) in [5.74, 6) is -0.923. The van der Waals surface area contributed by atoms with Crippen LogP contribution in [0.2, 0.25) is 0 Å². The van der Waals surface area contributed by atoms with Crippen LogP contribution in [0.25, 0.3) is 33.0 Å². The Kier molecular flexibility index (Phi) is 9.63. The molecule has 0 fully saturated rings. The van der Waals surface area contributed by atoms with Crippen LogP contribution in [0.15, 0.2) is 53.0 Å². The summed E-state index contributed by atoms with van der Waals surface area (Å²) in [6.07, 6.45) is 3.70. The zero-order valence-corrected chi connectivity index (χ0v) is 31.6. The van der Waals surface area contributed by atoms with Crippen molar-refractivity contribution in [3.8, 4) is 5.75 Å². The Morgan fingerprint density at radius 3 is 1.79 bits per heavy atom. The number of nitrogens with zero attached hydrogens (tertiary/aromatic N) is 8. The lowest BCUT2D eigenvalue weighted by Crippen LogP contribution is -2.20. The molecule has 0 atom stereocenters. The van der Waals surface area contributed by atoms with Gasteiger partial charge in [-0.25, -0.2) is 9.97 Å². The number of primary amides is 2. The number of amides is 4. The number of nitrogens with one attached hydrogen (secondary N) is 2. The maximum absolute atomic E-state index is 13.7. The summed E-state index contributed by atoms with van der Waals surface area (Å²) >= 11 is 0. The molecule has 0 unspecified atom stereocenters. The molecule has 288 valence electrons. The summed E-state index contributed by atoms with van der Waals surface area (Å²) in [6, 6.07) is 9.77. The fourth-order valence-electron chi connectivity index (χ4n) is 6.84. The number of allylic oxidation sites excluding steroid dienone is 2. The van der Waals surface area contributed by atoms with E-state index in [1.807, 2.05) is 26.0 Å².